The third kappa shape index (κ3) is 7.59. The number of amides is 3. The quantitative estimate of drug-likeness (QED) is 0.510. The fourth-order valence-electron chi connectivity index (χ4n) is 6.59. The Balaban J connectivity index is 1.37. The van der Waals surface area contributed by atoms with Crippen LogP contribution in [-0.4, -0.2) is 104 Å². The van der Waals surface area contributed by atoms with E-state index in [1.54, 1.807) is 11.0 Å². The lowest BCUT2D eigenvalue weighted by atomic mass is 9.91. The van der Waals surface area contributed by atoms with Gasteiger partial charge in [-0.05, 0) is 56.3 Å². The van der Waals surface area contributed by atoms with E-state index in [1.807, 2.05) is 39.0 Å². The molecular weight excluding hydrogens is 522 g/mol. The molecule has 1 aromatic carbocycles. The number of fused-ring (bicyclic) bond motifs is 4. The maximum atomic E-state index is 13.9. The van der Waals surface area contributed by atoms with E-state index in [1.165, 1.54) is 0 Å². The lowest BCUT2D eigenvalue weighted by molar-refractivity contribution is -0.132. The van der Waals surface area contributed by atoms with Gasteiger partial charge in [0.05, 0.1) is 30.4 Å². The van der Waals surface area contributed by atoms with E-state index in [4.69, 9.17) is 9.47 Å². The van der Waals surface area contributed by atoms with Crippen molar-refractivity contribution < 1.29 is 23.9 Å². The summed E-state index contributed by atoms with van der Waals surface area (Å²) in [5.74, 6) is 0.176. The highest BCUT2D eigenvalue weighted by molar-refractivity contribution is 6.00. The molecule has 10 heteroatoms. The van der Waals surface area contributed by atoms with Crippen molar-refractivity contribution in [1.29, 1.82) is 0 Å². The van der Waals surface area contributed by atoms with E-state index in [2.05, 4.69) is 20.9 Å². The van der Waals surface area contributed by atoms with Gasteiger partial charge in [-0.15, -0.1) is 0 Å². The molecule has 41 heavy (non-hydrogen) atoms. The Hall–Kier alpha value is -2.69. The molecule has 0 saturated carbocycles. The second-order valence-corrected chi connectivity index (χ2v) is 13.2. The number of hydrogen-bond donors (Lipinski definition) is 3. The van der Waals surface area contributed by atoms with Gasteiger partial charge in [0, 0.05) is 45.1 Å². The van der Waals surface area contributed by atoms with Crippen molar-refractivity contribution in [1.82, 2.24) is 25.8 Å². The molecule has 1 aromatic rings. The smallest absolute Gasteiger partial charge is 0.258 e. The minimum Gasteiger partial charge on any atom is -0.493 e. The van der Waals surface area contributed by atoms with Gasteiger partial charge in [0.25, 0.3) is 5.91 Å². The molecule has 4 heterocycles. The number of nitrogens with one attached hydrogen (secondary N) is 3. The van der Waals surface area contributed by atoms with Gasteiger partial charge < -0.3 is 30.3 Å². The van der Waals surface area contributed by atoms with Crippen molar-refractivity contribution in [2.45, 2.75) is 89.6 Å². The Morgan fingerprint density at radius 2 is 1.83 bits per heavy atom. The van der Waals surface area contributed by atoms with Gasteiger partial charge >= 0.3 is 0 Å². The molecular formula is C31H47N5O5. The molecule has 3 N–H and O–H groups in total. The van der Waals surface area contributed by atoms with E-state index in [-0.39, 0.29) is 47.9 Å². The van der Waals surface area contributed by atoms with Crippen molar-refractivity contribution in [2.24, 2.45) is 5.41 Å². The van der Waals surface area contributed by atoms with Crippen LogP contribution in [0.3, 0.4) is 0 Å². The number of ether oxygens (including phenoxy) is 2. The van der Waals surface area contributed by atoms with Crippen molar-refractivity contribution in [3.63, 3.8) is 0 Å². The van der Waals surface area contributed by atoms with Gasteiger partial charge in [-0.25, -0.2) is 0 Å². The molecule has 0 spiro atoms. The average Bonchev–Trinajstić information content (AvgIpc) is 2.95. The molecule has 0 aromatic heterocycles. The van der Waals surface area contributed by atoms with Crippen molar-refractivity contribution in [2.75, 3.05) is 45.9 Å². The normalized spacial score (nSPS) is 28.9. The highest BCUT2D eigenvalue weighted by Crippen LogP contribution is 2.28. The monoisotopic (exact) mass is 569 g/mol. The molecule has 226 valence electrons. The Morgan fingerprint density at radius 1 is 1.05 bits per heavy atom. The number of nitrogens with zero attached hydrogens (tertiary/aromatic N) is 2. The van der Waals surface area contributed by atoms with Crippen LogP contribution in [0, 0.1) is 5.41 Å². The topological polar surface area (TPSA) is 112 Å². The van der Waals surface area contributed by atoms with Crippen LogP contribution in [0.4, 0.5) is 0 Å². The third-order valence-corrected chi connectivity index (χ3v) is 8.75. The molecule has 4 atom stereocenters. The summed E-state index contributed by atoms with van der Waals surface area (Å²) < 4.78 is 12.6. The lowest BCUT2D eigenvalue weighted by Crippen LogP contribution is -2.64. The number of benzene rings is 1. The predicted octanol–water partition coefficient (Wildman–Crippen LogP) is 1.93. The number of hydrogen-bond acceptors (Lipinski definition) is 7. The summed E-state index contributed by atoms with van der Waals surface area (Å²) in [5, 5.41) is 9.73. The molecule has 10 nitrogen and oxygen atoms in total. The van der Waals surface area contributed by atoms with E-state index in [9.17, 15) is 14.4 Å². The molecule has 3 amide bonds. The second kappa shape index (κ2) is 13.1. The van der Waals surface area contributed by atoms with Crippen molar-refractivity contribution in [3.05, 3.63) is 29.8 Å². The van der Waals surface area contributed by atoms with Crippen LogP contribution in [0.1, 0.15) is 69.7 Å². The zero-order valence-corrected chi connectivity index (χ0v) is 24.8. The summed E-state index contributed by atoms with van der Waals surface area (Å²) in [5.41, 5.74) is 0.367. The third-order valence-electron chi connectivity index (χ3n) is 8.75. The largest absolute Gasteiger partial charge is 0.493 e. The Morgan fingerprint density at radius 3 is 2.61 bits per heavy atom. The molecule has 0 aliphatic carbocycles. The number of para-hydroxylation sites is 1. The lowest BCUT2D eigenvalue weighted by Gasteiger charge is -2.45. The molecule has 2 bridgehead atoms. The maximum Gasteiger partial charge on any atom is 0.258 e. The summed E-state index contributed by atoms with van der Waals surface area (Å²) in [6, 6.07) is 6.90. The van der Waals surface area contributed by atoms with Gasteiger partial charge in [0.1, 0.15) is 11.8 Å². The van der Waals surface area contributed by atoms with Gasteiger partial charge in [-0.2, -0.15) is 0 Å². The zero-order chi connectivity index (χ0) is 29.0. The minimum absolute atomic E-state index is 0.00288. The van der Waals surface area contributed by atoms with Gasteiger partial charge in [0.2, 0.25) is 11.8 Å². The molecule has 4 aliphatic heterocycles. The summed E-state index contributed by atoms with van der Waals surface area (Å²) >= 11 is 0. The Labute approximate surface area is 243 Å². The predicted molar refractivity (Wildman–Crippen MR) is 156 cm³/mol. The number of carbonyl (C=O) groups is 3. The van der Waals surface area contributed by atoms with Crippen LogP contribution in [-0.2, 0) is 14.3 Å². The number of rotatable bonds is 3. The van der Waals surface area contributed by atoms with E-state index in [0.29, 0.717) is 49.9 Å². The number of piperidine rings is 1. The summed E-state index contributed by atoms with van der Waals surface area (Å²) in [7, 11) is 0. The molecule has 0 unspecified atom stereocenters. The van der Waals surface area contributed by atoms with Crippen LogP contribution in [0.25, 0.3) is 0 Å². The zero-order valence-electron chi connectivity index (χ0n) is 24.8. The van der Waals surface area contributed by atoms with Crippen LogP contribution >= 0.6 is 0 Å². The first kappa shape index (κ1) is 29.8. The van der Waals surface area contributed by atoms with Crippen molar-refractivity contribution in [3.8, 4) is 5.75 Å². The van der Waals surface area contributed by atoms with Gasteiger partial charge in [-0.1, -0.05) is 32.9 Å². The molecule has 3 saturated heterocycles. The molecule has 4 aliphatic rings. The van der Waals surface area contributed by atoms with Crippen LogP contribution < -0.4 is 20.7 Å². The number of piperazine rings is 1. The minimum atomic E-state index is -0.629. The van der Waals surface area contributed by atoms with E-state index < -0.39 is 6.04 Å². The Bertz CT molecular complexity index is 1080. The van der Waals surface area contributed by atoms with Crippen LogP contribution in [0.5, 0.6) is 5.75 Å². The first-order valence-electron chi connectivity index (χ1n) is 15.4. The van der Waals surface area contributed by atoms with Crippen LogP contribution in [0.15, 0.2) is 24.3 Å². The fraction of sp³-hybridized carbons (Fsp3) is 0.710. The van der Waals surface area contributed by atoms with E-state index >= 15 is 0 Å². The molecule has 5 rings (SSSR count). The molecule has 3 fully saturated rings. The summed E-state index contributed by atoms with van der Waals surface area (Å²) in [6.07, 6.45) is 4.30. The number of carbonyl (C=O) groups excluding carboxylic acids is 3. The van der Waals surface area contributed by atoms with Crippen molar-refractivity contribution >= 4 is 17.7 Å². The first-order chi connectivity index (χ1) is 19.7. The Kier molecular flexibility index (Phi) is 9.51. The fourth-order valence-corrected chi connectivity index (χ4v) is 6.59. The summed E-state index contributed by atoms with van der Waals surface area (Å²) in [6.45, 7) is 10.5. The highest BCUT2D eigenvalue weighted by atomic mass is 16.5. The summed E-state index contributed by atoms with van der Waals surface area (Å²) in [4.78, 5) is 44.7. The first-order valence-corrected chi connectivity index (χ1v) is 15.4. The van der Waals surface area contributed by atoms with Gasteiger partial charge in [0.15, 0.2) is 0 Å². The van der Waals surface area contributed by atoms with Crippen LogP contribution in [0.2, 0.25) is 0 Å². The molecule has 0 radical (unpaired) electrons. The standard InChI is InChI=1S/C31H47N5O5/c1-31(2,3)18-28(37)34-24-9-8-22-12-17-40-26-7-5-4-6-23(26)30(39)36-16-15-35(21-10-13-32-14-11-21)20-25(36)29(38)33-19-27(24)41-22/h4-7,21-22,24-25,27,32H,8-20H2,1-3H3,(H,33,38)(H,34,37)/t22-,24+,25-,27+/m0/s1. The SMILES string of the molecule is CC(C)(C)CC(=O)N[C@@H]1CC[C@H]2CCOc3ccccc3C(=O)N3CCN(C4CCNCC4)C[C@H]3C(=O)NC[C@H]1O2. The van der Waals surface area contributed by atoms with E-state index in [0.717, 1.165) is 45.3 Å². The average molecular weight is 570 g/mol. The highest BCUT2D eigenvalue weighted by Gasteiger charge is 2.40. The maximum absolute atomic E-state index is 13.9. The second-order valence-electron chi connectivity index (χ2n) is 13.2. The van der Waals surface area contributed by atoms with Gasteiger partial charge in [-0.3, -0.25) is 19.3 Å².